The maximum absolute atomic E-state index is 5.53. The van der Waals surface area contributed by atoms with Crippen molar-refractivity contribution in [1.29, 1.82) is 0 Å². The number of methoxy groups -OCH3 is 1. The van der Waals surface area contributed by atoms with Gasteiger partial charge in [0.2, 0.25) is 0 Å². The van der Waals surface area contributed by atoms with Crippen LogP contribution in [0.15, 0.2) is 18.2 Å². The van der Waals surface area contributed by atoms with E-state index in [0.717, 1.165) is 31.3 Å². The van der Waals surface area contributed by atoms with E-state index in [1.807, 2.05) is 0 Å². The van der Waals surface area contributed by atoms with Crippen LogP contribution in [0.25, 0.3) is 0 Å². The molecule has 0 radical (unpaired) electrons. The molecule has 21 heavy (non-hydrogen) atoms. The van der Waals surface area contributed by atoms with Gasteiger partial charge < -0.3 is 10.1 Å². The van der Waals surface area contributed by atoms with Gasteiger partial charge in [0.25, 0.3) is 0 Å². The molecule has 1 saturated heterocycles. The summed E-state index contributed by atoms with van der Waals surface area (Å²) in [6, 6.07) is 7.62. The van der Waals surface area contributed by atoms with Crippen molar-refractivity contribution in [2.75, 3.05) is 20.2 Å². The van der Waals surface area contributed by atoms with E-state index in [1.54, 1.807) is 7.11 Å². The van der Waals surface area contributed by atoms with Gasteiger partial charge in [-0.2, -0.15) is 0 Å². The van der Waals surface area contributed by atoms with E-state index < -0.39 is 0 Å². The van der Waals surface area contributed by atoms with Crippen LogP contribution in [0.1, 0.15) is 38.3 Å². The fourth-order valence-electron chi connectivity index (χ4n) is 3.08. The molecule has 3 heteroatoms. The molecule has 0 aliphatic carbocycles. The third kappa shape index (κ3) is 3.98. The van der Waals surface area contributed by atoms with Crippen LogP contribution in [0.4, 0.5) is 0 Å². The third-order valence-electron chi connectivity index (χ3n) is 4.87. The van der Waals surface area contributed by atoms with Gasteiger partial charge in [-0.3, -0.25) is 4.90 Å². The summed E-state index contributed by atoms with van der Waals surface area (Å²) in [5.74, 6) is 1.73. The lowest BCUT2D eigenvalue weighted by molar-refractivity contribution is 0.111. The summed E-state index contributed by atoms with van der Waals surface area (Å²) in [7, 11) is 1.76. The molecule has 3 nitrogen and oxygen atoms in total. The molecule has 1 aromatic carbocycles. The minimum Gasteiger partial charge on any atom is -0.496 e. The zero-order valence-corrected chi connectivity index (χ0v) is 14.1. The molecule has 118 valence electrons. The predicted molar refractivity (Wildman–Crippen MR) is 88.8 cm³/mol. The number of piperazine rings is 1. The van der Waals surface area contributed by atoms with Crippen LogP contribution in [0.5, 0.6) is 5.75 Å². The lowest BCUT2D eigenvalue weighted by Crippen LogP contribution is -2.56. The Morgan fingerprint density at radius 1 is 1.43 bits per heavy atom. The minimum atomic E-state index is 0.565. The van der Waals surface area contributed by atoms with E-state index in [4.69, 9.17) is 4.74 Å². The van der Waals surface area contributed by atoms with Gasteiger partial charge in [-0.1, -0.05) is 38.0 Å². The highest BCUT2D eigenvalue weighted by molar-refractivity contribution is 5.36. The molecule has 0 saturated carbocycles. The first-order valence-electron chi connectivity index (χ1n) is 8.16. The Balaban J connectivity index is 2.11. The molecule has 3 atom stereocenters. The Morgan fingerprint density at radius 3 is 2.86 bits per heavy atom. The van der Waals surface area contributed by atoms with E-state index in [0.29, 0.717) is 12.1 Å². The van der Waals surface area contributed by atoms with Gasteiger partial charge >= 0.3 is 0 Å². The number of nitrogens with zero attached hydrogens (tertiary/aromatic N) is 1. The molecular formula is C18H30N2O. The summed E-state index contributed by atoms with van der Waals surface area (Å²) in [5, 5.41) is 3.70. The minimum absolute atomic E-state index is 0.565. The van der Waals surface area contributed by atoms with Gasteiger partial charge in [0, 0.05) is 37.3 Å². The van der Waals surface area contributed by atoms with Gasteiger partial charge in [0.1, 0.15) is 5.75 Å². The molecule has 0 spiro atoms. The average Bonchev–Trinajstić information content (AvgIpc) is 2.49. The maximum atomic E-state index is 5.53. The first kappa shape index (κ1) is 16.3. The second-order valence-corrected chi connectivity index (χ2v) is 6.49. The zero-order chi connectivity index (χ0) is 15.4. The molecule has 0 amide bonds. The summed E-state index contributed by atoms with van der Waals surface area (Å²) >= 11 is 0. The van der Waals surface area contributed by atoms with E-state index in [2.05, 4.69) is 56.1 Å². The Kier molecular flexibility index (Phi) is 5.65. The molecule has 1 heterocycles. The molecule has 3 unspecified atom stereocenters. The predicted octanol–water partition coefficient (Wildman–Crippen LogP) is 3.21. The highest BCUT2D eigenvalue weighted by Gasteiger charge is 2.28. The van der Waals surface area contributed by atoms with Gasteiger partial charge in [-0.05, 0) is 25.8 Å². The Labute approximate surface area is 129 Å². The highest BCUT2D eigenvalue weighted by Crippen LogP contribution is 2.24. The van der Waals surface area contributed by atoms with Crippen molar-refractivity contribution in [1.82, 2.24) is 10.2 Å². The van der Waals surface area contributed by atoms with Crippen LogP contribution >= 0.6 is 0 Å². The van der Waals surface area contributed by atoms with Crippen molar-refractivity contribution in [2.24, 2.45) is 5.92 Å². The Hall–Kier alpha value is -1.06. The fourth-order valence-corrected chi connectivity index (χ4v) is 3.08. The summed E-state index contributed by atoms with van der Waals surface area (Å²) in [6.07, 6.45) is 1.23. The van der Waals surface area contributed by atoms with Crippen molar-refractivity contribution in [3.8, 4) is 5.75 Å². The van der Waals surface area contributed by atoms with Gasteiger partial charge in [-0.25, -0.2) is 0 Å². The quantitative estimate of drug-likeness (QED) is 0.901. The van der Waals surface area contributed by atoms with E-state index >= 15 is 0 Å². The number of nitrogens with one attached hydrogen (secondary N) is 1. The molecule has 0 bridgehead atoms. The summed E-state index contributed by atoms with van der Waals surface area (Å²) < 4.78 is 5.53. The van der Waals surface area contributed by atoms with Crippen LogP contribution in [0.3, 0.4) is 0 Å². The van der Waals surface area contributed by atoms with Crippen molar-refractivity contribution in [2.45, 2.75) is 52.7 Å². The number of rotatable bonds is 5. The molecule has 0 aromatic heterocycles. The third-order valence-corrected chi connectivity index (χ3v) is 4.87. The smallest absolute Gasteiger partial charge is 0.123 e. The molecule has 1 fully saturated rings. The van der Waals surface area contributed by atoms with Crippen molar-refractivity contribution < 1.29 is 4.74 Å². The van der Waals surface area contributed by atoms with Crippen LogP contribution < -0.4 is 10.1 Å². The normalized spacial score (nSPS) is 24.8. The number of ether oxygens (including phenoxy) is 1. The monoisotopic (exact) mass is 290 g/mol. The van der Waals surface area contributed by atoms with Gasteiger partial charge in [0.05, 0.1) is 7.11 Å². The van der Waals surface area contributed by atoms with Crippen molar-refractivity contribution in [3.63, 3.8) is 0 Å². The Morgan fingerprint density at radius 2 is 2.19 bits per heavy atom. The molecule has 1 N–H and O–H groups in total. The van der Waals surface area contributed by atoms with Crippen molar-refractivity contribution >= 4 is 0 Å². The van der Waals surface area contributed by atoms with Crippen LogP contribution in [0, 0.1) is 12.8 Å². The molecule has 1 aromatic rings. The lowest BCUT2D eigenvalue weighted by Gasteiger charge is -2.41. The topological polar surface area (TPSA) is 24.5 Å². The molecule has 2 rings (SSSR count). The zero-order valence-electron chi connectivity index (χ0n) is 14.1. The second kappa shape index (κ2) is 7.28. The molecular weight excluding hydrogens is 260 g/mol. The molecule has 1 aliphatic heterocycles. The number of hydrogen-bond acceptors (Lipinski definition) is 3. The maximum Gasteiger partial charge on any atom is 0.123 e. The SMILES string of the molecule is CCC(C)C1CN(Cc2cc(C)ccc2OC)C(C)CN1. The van der Waals surface area contributed by atoms with Crippen molar-refractivity contribution in [3.05, 3.63) is 29.3 Å². The van der Waals surface area contributed by atoms with Crippen LogP contribution in [-0.2, 0) is 6.54 Å². The standard InChI is InChI=1S/C18H30N2O/c1-6-14(3)17-12-20(15(4)10-19-17)11-16-9-13(2)7-8-18(16)21-5/h7-9,14-15,17,19H,6,10-12H2,1-5H3. The second-order valence-electron chi connectivity index (χ2n) is 6.49. The largest absolute Gasteiger partial charge is 0.496 e. The van der Waals surface area contributed by atoms with Crippen LogP contribution in [0.2, 0.25) is 0 Å². The summed E-state index contributed by atoms with van der Waals surface area (Å²) in [4.78, 5) is 2.59. The first-order chi connectivity index (χ1) is 10.0. The first-order valence-corrected chi connectivity index (χ1v) is 8.16. The van der Waals surface area contributed by atoms with Gasteiger partial charge in [-0.15, -0.1) is 0 Å². The highest BCUT2D eigenvalue weighted by atomic mass is 16.5. The lowest BCUT2D eigenvalue weighted by atomic mass is 9.95. The van der Waals surface area contributed by atoms with E-state index in [1.165, 1.54) is 17.5 Å². The number of hydrogen-bond donors (Lipinski definition) is 1. The van der Waals surface area contributed by atoms with Gasteiger partial charge in [0.15, 0.2) is 0 Å². The summed E-state index contributed by atoms with van der Waals surface area (Å²) in [6.45, 7) is 12.2. The molecule has 1 aliphatic rings. The average molecular weight is 290 g/mol. The fraction of sp³-hybridized carbons (Fsp3) is 0.667. The van der Waals surface area contributed by atoms with Crippen LogP contribution in [-0.4, -0.2) is 37.2 Å². The Bertz CT molecular complexity index is 461. The van der Waals surface area contributed by atoms with E-state index in [9.17, 15) is 0 Å². The summed E-state index contributed by atoms with van der Waals surface area (Å²) in [5.41, 5.74) is 2.60. The number of benzene rings is 1. The van der Waals surface area contributed by atoms with E-state index in [-0.39, 0.29) is 0 Å². The number of aryl methyl sites for hydroxylation is 1.